The van der Waals surface area contributed by atoms with Crippen molar-refractivity contribution >= 4 is 38.4 Å². The topological polar surface area (TPSA) is 103 Å². The van der Waals surface area contributed by atoms with Gasteiger partial charge in [-0.15, -0.1) is 17.5 Å². The number of hydrogen-bond acceptors (Lipinski definition) is 5. The van der Waals surface area contributed by atoms with Crippen LogP contribution in [0.2, 0.25) is 0 Å². The summed E-state index contributed by atoms with van der Waals surface area (Å²) in [6.45, 7) is 3.58. The number of halogens is 2. The van der Waals surface area contributed by atoms with Gasteiger partial charge < -0.3 is 5.73 Å². The molecule has 1 aromatic rings. The van der Waals surface area contributed by atoms with Crippen LogP contribution in [-0.2, 0) is 17.1 Å². The summed E-state index contributed by atoms with van der Waals surface area (Å²) in [5, 5.41) is 7.21. The SMILES string of the molecule is Cl.Cn1nnc(Br)c1S(=O)(=O)NC(C)(C)CN. The van der Waals surface area contributed by atoms with Gasteiger partial charge in [-0.25, -0.2) is 17.8 Å². The van der Waals surface area contributed by atoms with Crippen LogP contribution in [0.4, 0.5) is 0 Å². The van der Waals surface area contributed by atoms with Gasteiger partial charge in [0.15, 0.2) is 4.60 Å². The number of aryl methyl sites for hydroxylation is 1. The van der Waals surface area contributed by atoms with Crippen molar-refractivity contribution in [3.63, 3.8) is 0 Å². The van der Waals surface area contributed by atoms with Crippen molar-refractivity contribution in [2.24, 2.45) is 12.8 Å². The Morgan fingerprint density at radius 1 is 1.53 bits per heavy atom. The Morgan fingerprint density at radius 2 is 2.06 bits per heavy atom. The van der Waals surface area contributed by atoms with Gasteiger partial charge >= 0.3 is 0 Å². The van der Waals surface area contributed by atoms with E-state index in [1.165, 1.54) is 11.7 Å². The molecule has 0 aliphatic rings. The van der Waals surface area contributed by atoms with E-state index in [-0.39, 0.29) is 28.6 Å². The fourth-order valence-electron chi connectivity index (χ4n) is 1.06. The van der Waals surface area contributed by atoms with Gasteiger partial charge in [0.2, 0.25) is 5.03 Å². The normalized spacial score (nSPS) is 12.3. The molecule has 0 aliphatic carbocycles. The van der Waals surface area contributed by atoms with Crippen LogP contribution in [0, 0.1) is 0 Å². The third kappa shape index (κ3) is 3.88. The fourth-order valence-corrected chi connectivity index (χ4v) is 3.58. The first-order chi connectivity index (χ1) is 7.19. The van der Waals surface area contributed by atoms with Crippen molar-refractivity contribution < 1.29 is 8.42 Å². The highest BCUT2D eigenvalue weighted by atomic mass is 79.9. The number of nitrogens with one attached hydrogen (secondary N) is 1. The zero-order valence-electron chi connectivity index (χ0n) is 9.64. The average molecular weight is 349 g/mol. The van der Waals surface area contributed by atoms with E-state index >= 15 is 0 Å². The lowest BCUT2D eigenvalue weighted by atomic mass is 10.1. The second-order valence-electron chi connectivity index (χ2n) is 4.00. The molecule has 17 heavy (non-hydrogen) atoms. The minimum atomic E-state index is -3.69. The summed E-state index contributed by atoms with van der Waals surface area (Å²) in [5.41, 5.74) is 4.75. The molecule has 0 aliphatic heterocycles. The molecule has 0 atom stereocenters. The summed E-state index contributed by atoms with van der Waals surface area (Å²) in [7, 11) is -2.19. The molecule has 7 nitrogen and oxygen atoms in total. The van der Waals surface area contributed by atoms with Crippen LogP contribution in [0.1, 0.15) is 13.8 Å². The van der Waals surface area contributed by atoms with Gasteiger partial charge in [0.25, 0.3) is 10.0 Å². The molecule has 0 fully saturated rings. The molecular formula is C7H15BrClN5O2S. The van der Waals surface area contributed by atoms with Gasteiger partial charge in [-0.1, -0.05) is 5.21 Å². The van der Waals surface area contributed by atoms with E-state index in [2.05, 4.69) is 31.0 Å². The Balaban J connectivity index is 0.00000256. The summed E-state index contributed by atoms with van der Waals surface area (Å²) in [6, 6.07) is 0. The Labute approximate surface area is 115 Å². The molecule has 0 spiro atoms. The van der Waals surface area contributed by atoms with Crippen LogP contribution >= 0.6 is 28.3 Å². The van der Waals surface area contributed by atoms with Crippen LogP contribution < -0.4 is 10.5 Å². The largest absolute Gasteiger partial charge is 0.329 e. The molecule has 100 valence electrons. The Hall–Kier alpha value is -0.220. The highest BCUT2D eigenvalue weighted by Gasteiger charge is 2.29. The van der Waals surface area contributed by atoms with Crippen molar-refractivity contribution in [3.8, 4) is 0 Å². The lowest BCUT2D eigenvalue weighted by Gasteiger charge is -2.23. The highest BCUT2D eigenvalue weighted by Crippen LogP contribution is 2.19. The van der Waals surface area contributed by atoms with Crippen LogP contribution in [0.15, 0.2) is 9.63 Å². The van der Waals surface area contributed by atoms with E-state index in [9.17, 15) is 8.42 Å². The summed E-state index contributed by atoms with van der Waals surface area (Å²) < 4.78 is 27.9. The summed E-state index contributed by atoms with van der Waals surface area (Å²) in [6.07, 6.45) is 0. The number of nitrogens with zero attached hydrogens (tertiary/aromatic N) is 3. The first kappa shape index (κ1) is 16.8. The molecule has 0 radical (unpaired) electrons. The van der Waals surface area contributed by atoms with Gasteiger partial charge in [0, 0.05) is 19.1 Å². The van der Waals surface area contributed by atoms with E-state index in [0.717, 1.165) is 0 Å². The molecule has 10 heteroatoms. The Bertz CT molecular complexity index is 467. The lowest BCUT2D eigenvalue weighted by molar-refractivity contribution is 0.457. The summed E-state index contributed by atoms with van der Waals surface area (Å²) >= 11 is 3.04. The Kier molecular flexibility index (Phi) is 5.54. The quantitative estimate of drug-likeness (QED) is 0.798. The number of aromatic nitrogens is 3. The zero-order chi connectivity index (χ0) is 12.6. The smallest absolute Gasteiger partial charge is 0.261 e. The van der Waals surface area contributed by atoms with E-state index in [0.29, 0.717) is 0 Å². The fraction of sp³-hybridized carbons (Fsp3) is 0.714. The van der Waals surface area contributed by atoms with Crippen LogP contribution in [0.25, 0.3) is 0 Å². The molecular weight excluding hydrogens is 334 g/mol. The minimum Gasteiger partial charge on any atom is -0.329 e. The molecule has 0 bridgehead atoms. The third-order valence-electron chi connectivity index (χ3n) is 1.91. The molecule has 0 saturated carbocycles. The van der Waals surface area contributed by atoms with E-state index in [1.807, 2.05) is 0 Å². The van der Waals surface area contributed by atoms with Crippen LogP contribution in [0.3, 0.4) is 0 Å². The second-order valence-corrected chi connectivity index (χ2v) is 6.35. The number of sulfonamides is 1. The van der Waals surface area contributed by atoms with E-state index < -0.39 is 15.6 Å². The summed E-state index contributed by atoms with van der Waals surface area (Å²) in [5.74, 6) is 0. The molecule has 0 unspecified atom stereocenters. The molecule has 0 amide bonds. The maximum absolute atomic E-state index is 12.0. The average Bonchev–Trinajstić information content (AvgIpc) is 2.44. The van der Waals surface area contributed by atoms with Gasteiger partial charge in [-0.2, -0.15) is 0 Å². The highest BCUT2D eigenvalue weighted by molar-refractivity contribution is 9.10. The lowest BCUT2D eigenvalue weighted by Crippen LogP contribution is -2.49. The third-order valence-corrected chi connectivity index (χ3v) is 4.50. The molecule has 1 aromatic heterocycles. The molecule has 0 saturated heterocycles. The molecule has 3 N–H and O–H groups in total. The van der Waals surface area contributed by atoms with Crippen molar-refractivity contribution in [1.29, 1.82) is 0 Å². The predicted molar refractivity (Wildman–Crippen MR) is 69.4 cm³/mol. The predicted octanol–water partition coefficient (Wildman–Crippen LogP) is 0.0150. The Morgan fingerprint density at radius 3 is 2.41 bits per heavy atom. The van der Waals surface area contributed by atoms with Gasteiger partial charge in [-0.3, -0.25) is 0 Å². The van der Waals surface area contributed by atoms with Crippen molar-refractivity contribution in [2.75, 3.05) is 6.54 Å². The van der Waals surface area contributed by atoms with Crippen LogP contribution in [0.5, 0.6) is 0 Å². The van der Waals surface area contributed by atoms with Crippen molar-refractivity contribution in [3.05, 3.63) is 4.60 Å². The minimum absolute atomic E-state index is 0. The van der Waals surface area contributed by atoms with Gasteiger partial charge in [-0.05, 0) is 29.8 Å². The summed E-state index contributed by atoms with van der Waals surface area (Å²) in [4.78, 5) is 0. The number of nitrogens with two attached hydrogens (primary N) is 1. The van der Waals surface area contributed by atoms with Crippen molar-refractivity contribution in [2.45, 2.75) is 24.4 Å². The molecule has 1 heterocycles. The second kappa shape index (κ2) is 5.61. The number of hydrogen-bond donors (Lipinski definition) is 2. The van der Waals surface area contributed by atoms with Crippen LogP contribution in [-0.4, -0.2) is 35.5 Å². The zero-order valence-corrected chi connectivity index (χ0v) is 12.9. The first-order valence-corrected chi connectivity index (χ1v) is 6.76. The number of rotatable bonds is 4. The maximum atomic E-state index is 12.0. The monoisotopic (exact) mass is 347 g/mol. The van der Waals surface area contributed by atoms with E-state index in [1.54, 1.807) is 13.8 Å². The molecule has 0 aromatic carbocycles. The van der Waals surface area contributed by atoms with Gasteiger partial charge in [0.05, 0.1) is 0 Å². The van der Waals surface area contributed by atoms with E-state index in [4.69, 9.17) is 5.73 Å². The van der Waals surface area contributed by atoms with Gasteiger partial charge in [0.1, 0.15) is 0 Å². The molecule has 1 rings (SSSR count). The maximum Gasteiger partial charge on any atom is 0.261 e. The first-order valence-electron chi connectivity index (χ1n) is 4.49. The van der Waals surface area contributed by atoms with Crippen molar-refractivity contribution in [1.82, 2.24) is 19.7 Å². The standard InChI is InChI=1S/C7H14BrN5O2S.ClH/c1-7(2,4-9)11-16(14,15)6-5(8)10-12-13(6)3;/h11H,4,9H2,1-3H3;1H.